The first-order valence-electron chi connectivity index (χ1n) is 7.60. The summed E-state index contributed by atoms with van der Waals surface area (Å²) in [6.45, 7) is 6.52. The van der Waals surface area contributed by atoms with Gasteiger partial charge >= 0.3 is 5.97 Å². The van der Waals surface area contributed by atoms with Gasteiger partial charge in [-0.1, -0.05) is 26.7 Å². The van der Waals surface area contributed by atoms with Crippen LogP contribution in [0.1, 0.15) is 55.5 Å². The highest BCUT2D eigenvalue weighted by Crippen LogP contribution is 2.37. The van der Waals surface area contributed by atoms with Crippen molar-refractivity contribution in [3.05, 3.63) is 23.3 Å². The van der Waals surface area contributed by atoms with Crippen molar-refractivity contribution < 1.29 is 9.53 Å². The van der Waals surface area contributed by atoms with Gasteiger partial charge in [-0.2, -0.15) is 0 Å². The van der Waals surface area contributed by atoms with E-state index in [1.165, 1.54) is 26.4 Å². The molecule has 0 saturated heterocycles. The zero-order valence-electron chi connectivity index (χ0n) is 13.5. The van der Waals surface area contributed by atoms with E-state index in [-0.39, 0.29) is 11.4 Å². The second-order valence-corrected chi connectivity index (χ2v) is 6.68. The predicted octanol–water partition coefficient (Wildman–Crippen LogP) is 3.74. The van der Waals surface area contributed by atoms with Gasteiger partial charge in [-0.15, -0.1) is 0 Å². The van der Waals surface area contributed by atoms with Crippen LogP contribution in [0.25, 0.3) is 0 Å². The van der Waals surface area contributed by atoms with E-state index in [1.807, 2.05) is 13.0 Å². The topological polar surface area (TPSA) is 64.3 Å². The van der Waals surface area contributed by atoms with Crippen molar-refractivity contribution in [3.63, 3.8) is 0 Å². The summed E-state index contributed by atoms with van der Waals surface area (Å²) in [6.07, 6.45) is 4.92. The summed E-state index contributed by atoms with van der Waals surface area (Å²) in [5, 5.41) is 3.60. The number of hydrogen-bond donors (Lipinski definition) is 2. The molecule has 0 radical (unpaired) electrons. The Morgan fingerprint density at radius 3 is 2.71 bits per heavy atom. The fourth-order valence-electron chi connectivity index (χ4n) is 3.12. The summed E-state index contributed by atoms with van der Waals surface area (Å²) < 4.78 is 4.81. The van der Waals surface area contributed by atoms with Crippen LogP contribution in [0.3, 0.4) is 0 Å². The maximum atomic E-state index is 11.8. The van der Waals surface area contributed by atoms with Gasteiger partial charge in [-0.3, -0.25) is 0 Å². The Hall–Kier alpha value is -1.71. The average Bonchev–Trinajstić information content (AvgIpc) is 2.44. The second kappa shape index (κ2) is 5.96. The van der Waals surface area contributed by atoms with Gasteiger partial charge < -0.3 is 15.8 Å². The van der Waals surface area contributed by atoms with Gasteiger partial charge in [0.15, 0.2) is 0 Å². The third-order valence-corrected chi connectivity index (χ3v) is 4.64. The van der Waals surface area contributed by atoms with Crippen LogP contribution < -0.4 is 11.1 Å². The smallest absolute Gasteiger partial charge is 0.340 e. The zero-order valence-corrected chi connectivity index (χ0v) is 13.5. The van der Waals surface area contributed by atoms with E-state index in [4.69, 9.17) is 10.5 Å². The molecule has 1 unspecified atom stereocenters. The zero-order chi connectivity index (χ0) is 15.6. The Morgan fingerprint density at radius 2 is 2.10 bits per heavy atom. The Kier molecular flexibility index (Phi) is 4.45. The van der Waals surface area contributed by atoms with E-state index in [0.717, 1.165) is 17.7 Å². The molecule has 116 valence electrons. The van der Waals surface area contributed by atoms with Gasteiger partial charge in [-0.05, 0) is 42.9 Å². The molecule has 0 aliphatic heterocycles. The summed E-state index contributed by atoms with van der Waals surface area (Å²) in [5.74, 6) is -0.387. The Labute approximate surface area is 127 Å². The van der Waals surface area contributed by atoms with Crippen LogP contribution in [0.5, 0.6) is 0 Å². The molecule has 1 aliphatic carbocycles. The largest absolute Gasteiger partial charge is 0.465 e. The molecule has 0 amide bonds. The number of rotatable bonds is 3. The number of aryl methyl sites for hydroxylation is 1. The number of methoxy groups -OCH3 is 1. The highest BCUT2D eigenvalue weighted by Gasteiger charge is 2.32. The molecule has 0 aromatic heterocycles. The van der Waals surface area contributed by atoms with Crippen molar-refractivity contribution in [3.8, 4) is 0 Å². The molecular weight excluding hydrogens is 264 g/mol. The molecule has 1 aliphatic rings. The first-order chi connectivity index (χ1) is 9.85. The maximum Gasteiger partial charge on any atom is 0.340 e. The van der Waals surface area contributed by atoms with E-state index < -0.39 is 0 Å². The highest BCUT2D eigenvalue weighted by atomic mass is 16.5. The van der Waals surface area contributed by atoms with Gasteiger partial charge in [-0.25, -0.2) is 4.79 Å². The average molecular weight is 290 g/mol. The SMILES string of the molecule is COC(=O)c1cc(NC2CCCCC2(C)C)cc(C)c1N. The molecule has 0 heterocycles. The molecule has 0 bridgehead atoms. The number of nitrogen functional groups attached to an aromatic ring is 1. The summed E-state index contributed by atoms with van der Waals surface area (Å²) >= 11 is 0. The van der Waals surface area contributed by atoms with Crippen LogP contribution in [-0.2, 0) is 4.74 Å². The van der Waals surface area contributed by atoms with Gasteiger partial charge in [0.25, 0.3) is 0 Å². The van der Waals surface area contributed by atoms with Crippen LogP contribution in [0.4, 0.5) is 11.4 Å². The second-order valence-electron chi connectivity index (χ2n) is 6.68. The van der Waals surface area contributed by atoms with Crippen molar-refractivity contribution in [1.82, 2.24) is 0 Å². The molecule has 1 saturated carbocycles. The maximum absolute atomic E-state index is 11.8. The summed E-state index contributed by atoms with van der Waals surface area (Å²) in [4.78, 5) is 11.8. The monoisotopic (exact) mass is 290 g/mol. The lowest BCUT2D eigenvalue weighted by Crippen LogP contribution is -2.39. The Balaban J connectivity index is 2.28. The minimum atomic E-state index is -0.387. The first kappa shape index (κ1) is 15.7. The number of carbonyl (C=O) groups is 1. The van der Waals surface area contributed by atoms with Crippen LogP contribution in [0, 0.1) is 12.3 Å². The quantitative estimate of drug-likeness (QED) is 0.657. The van der Waals surface area contributed by atoms with E-state index in [2.05, 4.69) is 19.2 Å². The normalized spacial score (nSPS) is 20.9. The van der Waals surface area contributed by atoms with E-state index in [0.29, 0.717) is 17.3 Å². The molecule has 1 aromatic rings. The standard InChI is InChI=1S/C17H26N2O2/c1-11-9-12(10-13(15(11)18)16(20)21-4)19-14-7-5-6-8-17(14,2)3/h9-10,14,19H,5-8,18H2,1-4H3. The molecule has 1 aromatic carbocycles. The summed E-state index contributed by atoms with van der Waals surface area (Å²) in [5.41, 5.74) is 9.03. The summed E-state index contributed by atoms with van der Waals surface area (Å²) in [7, 11) is 1.38. The van der Waals surface area contributed by atoms with E-state index >= 15 is 0 Å². The number of nitrogens with two attached hydrogens (primary N) is 1. The van der Waals surface area contributed by atoms with Crippen LogP contribution in [0.2, 0.25) is 0 Å². The molecule has 3 N–H and O–H groups in total. The van der Waals surface area contributed by atoms with Crippen LogP contribution in [-0.4, -0.2) is 19.1 Å². The lowest BCUT2D eigenvalue weighted by Gasteiger charge is -2.39. The van der Waals surface area contributed by atoms with Crippen molar-refractivity contribution >= 4 is 17.3 Å². The van der Waals surface area contributed by atoms with Crippen molar-refractivity contribution in [2.24, 2.45) is 5.41 Å². The fraction of sp³-hybridized carbons (Fsp3) is 0.588. The third kappa shape index (κ3) is 3.31. The highest BCUT2D eigenvalue weighted by molar-refractivity contribution is 5.97. The molecule has 4 heteroatoms. The van der Waals surface area contributed by atoms with Gasteiger partial charge in [0.05, 0.1) is 12.7 Å². The molecule has 21 heavy (non-hydrogen) atoms. The van der Waals surface area contributed by atoms with Crippen LogP contribution >= 0.6 is 0 Å². The minimum Gasteiger partial charge on any atom is -0.465 e. The van der Waals surface area contributed by atoms with Crippen molar-refractivity contribution in [2.45, 2.75) is 52.5 Å². The number of hydrogen-bond acceptors (Lipinski definition) is 4. The number of esters is 1. The lowest BCUT2D eigenvalue weighted by atomic mass is 9.73. The molecule has 0 spiro atoms. The first-order valence-corrected chi connectivity index (χ1v) is 7.60. The predicted molar refractivity (Wildman–Crippen MR) is 86.6 cm³/mol. The molecule has 1 atom stereocenters. The number of anilines is 2. The Morgan fingerprint density at radius 1 is 1.38 bits per heavy atom. The molecule has 2 rings (SSSR count). The number of carbonyl (C=O) groups excluding carboxylic acids is 1. The third-order valence-electron chi connectivity index (χ3n) is 4.64. The summed E-state index contributed by atoms with van der Waals surface area (Å²) in [6, 6.07) is 4.23. The molecule has 1 fully saturated rings. The minimum absolute atomic E-state index is 0.263. The molecular formula is C17H26N2O2. The van der Waals surface area contributed by atoms with Gasteiger partial charge in [0.1, 0.15) is 0 Å². The fourth-order valence-corrected chi connectivity index (χ4v) is 3.12. The van der Waals surface area contributed by atoms with E-state index in [1.54, 1.807) is 6.07 Å². The van der Waals surface area contributed by atoms with Crippen LogP contribution in [0.15, 0.2) is 12.1 Å². The van der Waals surface area contributed by atoms with Gasteiger partial charge in [0.2, 0.25) is 0 Å². The van der Waals surface area contributed by atoms with Crippen molar-refractivity contribution in [2.75, 3.05) is 18.2 Å². The number of benzene rings is 1. The molecule has 4 nitrogen and oxygen atoms in total. The lowest BCUT2D eigenvalue weighted by molar-refractivity contribution is 0.0602. The van der Waals surface area contributed by atoms with Crippen molar-refractivity contribution in [1.29, 1.82) is 0 Å². The number of ether oxygens (including phenoxy) is 1. The van der Waals surface area contributed by atoms with Gasteiger partial charge in [0, 0.05) is 17.4 Å². The number of nitrogens with one attached hydrogen (secondary N) is 1. The Bertz CT molecular complexity index is 538. The van der Waals surface area contributed by atoms with E-state index in [9.17, 15) is 4.79 Å².